The van der Waals surface area contributed by atoms with Crippen LogP contribution < -0.4 is 5.32 Å². The number of hydrogen-bond donors (Lipinski definition) is 1. The lowest BCUT2D eigenvalue weighted by molar-refractivity contribution is 0.0723. The first-order valence-corrected chi connectivity index (χ1v) is 7.43. The summed E-state index contributed by atoms with van der Waals surface area (Å²) in [5.74, 6) is 0. The van der Waals surface area contributed by atoms with Gasteiger partial charge in [0.05, 0.1) is 6.61 Å². The van der Waals surface area contributed by atoms with Crippen LogP contribution in [0.25, 0.3) is 0 Å². The highest BCUT2D eigenvalue weighted by Gasteiger charge is 2.38. The normalized spacial score (nSPS) is 29.8. The van der Waals surface area contributed by atoms with E-state index in [0.717, 1.165) is 25.8 Å². The van der Waals surface area contributed by atoms with Crippen molar-refractivity contribution in [1.29, 1.82) is 0 Å². The van der Waals surface area contributed by atoms with Gasteiger partial charge in [0.25, 0.3) is 0 Å². The fourth-order valence-electron chi connectivity index (χ4n) is 2.91. The van der Waals surface area contributed by atoms with Crippen molar-refractivity contribution in [1.82, 2.24) is 10.2 Å². The van der Waals surface area contributed by atoms with Crippen LogP contribution in [0, 0.1) is 5.41 Å². The van der Waals surface area contributed by atoms with Crippen LogP contribution in [0.5, 0.6) is 0 Å². The van der Waals surface area contributed by atoms with Crippen molar-refractivity contribution in [2.75, 3.05) is 33.4 Å². The SMILES string of the molecule is CN(CC1(CNC(C)(C)C)CCOC1)C1CCC1. The molecule has 1 atom stereocenters. The second-order valence-corrected chi connectivity index (χ2v) is 7.41. The molecule has 2 aliphatic rings. The first kappa shape index (κ1) is 14.3. The highest BCUT2D eigenvalue weighted by Crippen LogP contribution is 2.32. The summed E-state index contributed by atoms with van der Waals surface area (Å²) in [6, 6.07) is 0.831. The third-order valence-corrected chi connectivity index (χ3v) is 4.46. The van der Waals surface area contributed by atoms with Gasteiger partial charge in [-0.3, -0.25) is 0 Å². The maximum atomic E-state index is 5.69. The second kappa shape index (κ2) is 5.48. The minimum atomic E-state index is 0.199. The van der Waals surface area contributed by atoms with E-state index >= 15 is 0 Å². The Balaban J connectivity index is 1.89. The number of nitrogens with one attached hydrogen (secondary N) is 1. The monoisotopic (exact) mass is 254 g/mol. The van der Waals surface area contributed by atoms with Crippen molar-refractivity contribution < 1.29 is 4.74 Å². The molecule has 2 rings (SSSR count). The molecule has 0 spiro atoms. The highest BCUT2D eigenvalue weighted by atomic mass is 16.5. The zero-order valence-corrected chi connectivity index (χ0v) is 12.6. The molecule has 1 saturated carbocycles. The van der Waals surface area contributed by atoms with Gasteiger partial charge in [0.2, 0.25) is 0 Å². The lowest BCUT2D eigenvalue weighted by Gasteiger charge is -2.41. The Bertz CT molecular complexity index is 262. The third kappa shape index (κ3) is 3.69. The van der Waals surface area contributed by atoms with Crippen molar-refractivity contribution in [3.05, 3.63) is 0 Å². The quantitative estimate of drug-likeness (QED) is 0.814. The van der Waals surface area contributed by atoms with Gasteiger partial charge < -0.3 is 15.0 Å². The van der Waals surface area contributed by atoms with E-state index in [9.17, 15) is 0 Å². The van der Waals surface area contributed by atoms with Gasteiger partial charge in [0.15, 0.2) is 0 Å². The summed E-state index contributed by atoms with van der Waals surface area (Å²) in [4.78, 5) is 2.57. The zero-order chi connectivity index (χ0) is 13.2. The molecule has 0 aromatic carbocycles. The summed E-state index contributed by atoms with van der Waals surface area (Å²) < 4.78 is 5.69. The van der Waals surface area contributed by atoms with E-state index in [1.165, 1.54) is 32.2 Å². The van der Waals surface area contributed by atoms with Gasteiger partial charge >= 0.3 is 0 Å². The van der Waals surface area contributed by atoms with Crippen LogP contribution in [0.1, 0.15) is 46.5 Å². The van der Waals surface area contributed by atoms with Crippen molar-refractivity contribution in [2.45, 2.75) is 58.0 Å². The van der Waals surface area contributed by atoms with E-state index in [-0.39, 0.29) is 5.54 Å². The summed E-state index contributed by atoms with van der Waals surface area (Å²) in [5, 5.41) is 3.68. The number of ether oxygens (including phenoxy) is 1. The average molecular weight is 254 g/mol. The molecule has 0 bridgehead atoms. The Labute approximate surface area is 112 Å². The minimum Gasteiger partial charge on any atom is -0.381 e. The lowest BCUT2D eigenvalue weighted by Crippen LogP contribution is -2.51. The molecular weight excluding hydrogens is 224 g/mol. The van der Waals surface area contributed by atoms with Crippen LogP contribution in [0.15, 0.2) is 0 Å². The first-order chi connectivity index (χ1) is 8.40. The Hall–Kier alpha value is -0.120. The molecule has 1 aliphatic carbocycles. The predicted octanol–water partition coefficient (Wildman–Crippen LogP) is 2.27. The van der Waals surface area contributed by atoms with Crippen molar-refractivity contribution >= 4 is 0 Å². The number of hydrogen-bond acceptors (Lipinski definition) is 3. The number of rotatable bonds is 5. The summed E-state index contributed by atoms with van der Waals surface area (Å²) in [7, 11) is 2.29. The Morgan fingerprint density at radius 2 is 2.06 bits per heavy atom. The molecule has 1 saturated heterocycles. The van der Waals surface area contributed by atoms with Gasteiger partial charge in [-0.1, -0.05) is 6.42 Å². The number of nitrogens with zero attached hydrogens (tertiary/aromatic N) is 1. The van der Waals surface area contributed by atoms with Crippen LogP contribution in [0.3, 0.4) is 0 Å². The fourth-order valence-corrected chi connectivity index (χ4v) is 2.91. The van der Waals surface area contributed by atoms with Crippen LogP contribution in [0.4, 0.5) is 0 Å². The molecule has 0 aromatic rings. The molecule has 0 amide bonds. The van der Waals surface area contributed by atoms with Crippen LogP contribution in [-0.2, 0) is 4.74 Å². The van der Waals surface area contributed by atoms with Crippen molar-refractivity contribution in [2.24, 2.45) is 5.41 Å². The maximum Gasteiger partial charge on any atom is 0.0547 e. The third-order valence-electron chi connectivity index (χ3n) is 4.46. The first-order valence-electron chi connectivity index (χ1n) is 7.43. The maximum absolute atomic E-state index is 5.69. The molecule has 0 aromatic heterocycles. The molecule has 2 fully saturated rings. The molecule has 1 unspecified atom stereocenters. The van der Waals surface area contributed by atoms with Crippen LogP contribution in [-0.4, -0.2) is 49.8 Å². The summed E-state index contributed by atoms with van der Waals surface area (Å²) in [5.41, 5.74) is 0.530. The van der Waals surface area contributed by atoms with E-state index in [1.54, 1.807) is 0 Å². The standard InChI is InChI=1S/C15H30N2O/c1-14(2,3)16-10-15(8-9-18-12-15)11-17(4)13-6-5-7-13/h13,16H,5-12H2,1-4H3. The summed E-state index contributed by atoms with van der Waals surface area (Å²) >= 11 is 0. The minimum absolute atomic E-state index is 0.199. The van der Waals surface area contributed by atoms with E-state index in [1.807, 2.05) is 0 Å². The van der Waals surface area contributed by atoms with Gasteiger partial charge in [0.1, 0.15) is 0 Å². The van der Waals surface area contributed by atoms with E-state index < -0.39 is 0 Å². The van der Waals surface area contributed by atoms with Gasteiger partial charge in [-0.15, -0.1) is 0 Å². The van der Waals surface area contributed by atoms with Gasteiger partial charge in [-0.05, 0) is 47.1 Å². The Kier molecular flexibility index (Phi) is 4.35. The highest BCUT2D eigenvalue weighted by molar-refractivity contribution is 4.92. The van der Waals surface area contributed by atoms with Crippen molar-refractivity contribution in [3.63, 3.8) is 0 Å². The molecule has 1 heterocycles. The molecule has 3 heteroatoms. The van der Waals surface area contributed by atoms with Crippen LogP contribution in [0.2, 0.25) is 0 Å². The molecule has 18 heavy (non-hydrogen) atoms. The molecule has 3 nitrogen and oxygen atoms in total. The molecule has 1 aliphatic heterocycles. The zero-order valence-electron chi connectivity index (χ0n) is 12.6. The predicted molar refractivity (Wildman–Crippen MR) is 75.9 cm³/mol. The van der Waals surface area contributed by atoms with Gasteiger partial charge in [-0.25, -0.2) is 0 Å². The molecule has 106 valence electrons. The summed E-state index contributed by atoms with van der Waals surface area (Å²) in [6.07, 6.45) is 5.40. The van der Waals surface area contributed by atoms with E-state index in [4.69, 9.17) is 4.74 Å². The Morgan fingerprint density at radius 3 is 2.50 bits per heavy atom. The van der Waals surface area contributed by atoms with Gasteiger partial charge in [-0.2, -0.15) is 0 Å². The topological polar surface area (TPSA) is 24.5 Å². The van der Waals surface area contributed by atoms with Crippen LogP contribution >= 0.6 is 0 Å². The largest absolute Gasteiger partial charge is 0.381 e. The van der Waals surface area contributed by atoms with Crippen molar-refractivity contribution in [3.8, 4) is 0 Å². The molecular formula is C15H30N2O. The molecule has 1 N–H and O–H groups in total. The van der Waals surface area contributed by atoms with E-state index in [2.05, 4.69) is 38.0 Å². The average Bonchev–Trinajstić information content (AvgIpc) is 2.60. The smallest absolute Gasteiger partial charge is 0.0547 e. The van der Waals surface area contributed by atoms with E-state index in [0.29, 0.717) is 5.41 Å². The Morgan fingerprint density at radius 1 is 1.33 bits per heavy atom. The lowest BCUT2D eigenvalue weighted by atomic mass is 9.83. The van der Waals surface area contributed by atoms with Gasteiger partial charge in [0, 0.05) is 36.7 Å². The molecule has 0 radical (unpaired) electrons. The second-order valence-electron chi connectivity index (χ2n) is 7.41. The summed E-state index contributed by atoms with van der Waals surface area (Å²) in [6.45, 7) is 10.8. The fraction of sp³-hybridized carbons (Fsp3) is 1.00.